The van der Waals surface area contributed by atoms with Crippen LogP contribution in [0.3, 0.4) is 0 Å². The molecule has 0 aliphatic heterocycles. The first-order valence-corrected chi connectivity index (χ1v) is 7.58. The fourth-order valence-corrected chi connectivity index (χ4v) is 1.99. The summed E-state index contributed by atoms with van der Waals surface area (Å²) in [4.78, 5) is 23.8. The van der Waals surface area contributed by atoms with Gasteiger partial charge in [0.2, 0.25) is 0 Å². The molecule has 2 N–H and O–H groups in total. The van der Waals surface area contributed by atoms with Crippen molar-refractivity contribution in [1.29, 1.82) is 0 Å². The van der Waals surface area contributed by atoms with E-state index in [0.717, 1.165) is 5.56 Å². The molecule has 0 fully saturated rings. The number of ether oxygens (including phenoxy) is 3. The Kier molecular flexibility index (Phi) is 6.55. The third-order valence-corrected chi connectivity index (χ3v) is 3.36. The van der Waals surface area contributed by atoms with E-state index in [9.17, 15) is 9.59 Å². The van der Waals surface area contributed by atoms with E-state index in [0.29, 0.717) is 22.9 Å². The highest BCUT2D eigenvalue weighted by atomic mass is 16.5. The summed E-state index contributed by atoms with van der Waals surface area (Å²) < 4.78 is 15.3. The van der Waals surface area contributed by atoms with Crippen LogP contribution in [0.15, 0.2) is 47.6 Å². The number of methoxy groups -OCH3 is 3. The second-order valence-electron chi connectivity index (χ2n) is 4.99. The number of carbonyl (C=O) groups excluding carboxylic acids is 2. The standard InChI is InChI=1S/C18H19N3O5/c1-24-13-6-4-12(5-7-13)11-19-21-18(23)17(22)20-15-9-8-14(25-2)10-16(15)26-3/h4-11H,1-3H3,(H,20,22)(H,21,23). The molecule has 2 aromatic rings. The van der Waals surface area contributed by atoms with Gasteiger partial charge in [-0.2, -0.15) is 5.10 Å². The van der Waals surface area contributed by atoms with E-state index >= 15 is 0 Å². The van der Waals surface area contributed by atoms with Gasteiger partial charge in [0.1, 0.15) is 17.2 Å². The van der Waals surface area contributed by atoms with Gasteiger partial charge in [-0.25, -0.2) is 5.43 Å². The number of hydrazone groups is 1. The summed E-state index contributed by atoms with van der Waals surface area (Å²) in [6, 6.07) is 11.8. The van der Waals surface area contributed by atoms with Gasteiger partial charge in [-0.3, -0.25) is 9.59 Å². The van der Waals surface area contributed by atoms with Crippen LogP contribution in [0.2, 0.25) is 0 Å². The van der Waals surface area contributed by atoms with E-state index in [1.807, 2.05) is 0 Å². The van der Waals surface area contributed by atoms with Crippen LogP contribution >= 0.6 is 0 Å². The number of benzene rings is 2. The Bertz CT molecular complexity index is 803. The van der Waals surface area contributed by atoms with Crippen molar-refractivity contribution in [2.45, 2.75) is 0 Å². The van der Waals surface area contributed by atoms with E-state index < -0.39 is 11.8 Å². The van der Waals surface area contributed by atoms with Crippen LogP contribution in [0, 0.1) is 0 Å². The van der Waals surface area contributed by atoms with Crippen molar-refractivity contribution in [1.82, 2.24) is 5.43 Å². The highest BCUT2D eigenvalue weighted by molar-refractivity contribution is 6.39. The maximum absolute atomic E-state index is 12.0. The van der Waals surface area contributed by atoms with Crippen molar-refractivity contribution in [2.24, 2.45) is 5.10 Å². The number of rotatable bonds is 6. The third-order valence-electron chi connectivity index (χ3n) is 3.36. The molecule has 0 spiro atoms. The summed E-state index contributed by atoms with van der Waals surface area (Å²) in [5.74, 6) is -0.146. The van der Waals surface area contributed by atoms with Crippen LogP contribution < -0.4 is 25.0 Å². The molecule has 0 unspecified atom stereocenters. The topological polar surface area (TPSA) is 98.2 Å². The molecule has 8 nitrogen and oxygen atoms in total. The maximum Gasteiger partial charge on any atom is 0.329 e. The second kappa shape index (κ2) is 9.07. The number of nitrogens with one attached hydrogen (secondary N) is 2. The first-order valence-electron chi connectivity index (χ1n) is 7.58. The molecular formula is C18H19N3O5. The van der Waals surface area contributed by atoms with E-state index in [1.165, 1.54) is 20.4 Å². The molecule has 8 heteroatoms. The van der Waals surface area contributed by atoms with Crippen molar-refractivity contribution in [3.8, 4) is 17.2 Å². The van der Waals surface area contributed by atoms with Crippen LogP contribution in [-0.4, -0.2) is 39.4 Å². The zero-order chi connectivity index (χ0) is 18.9. The molecule has 0 atom stereocenters. The number of nitrogens with zero attached hydrogens (tertiary/aromatic N) is 1. The van der Waals surface area contributed by atoms with Gasteiger partial charge in [0, 0.05) is 6.07 Å². The van der Waals surface area contributed by atoms with E-state index in [4.69, 9.17) is 14.2 Å². The Balaban J connectivity index is 1.95. The van der Waals surface area contributed by atoms with Crippen molar-refractivity contribution in [3.05, 3.63) is 48.0 Å². The van der Waals surface area contributed by atoms with Gasteiger partial charge in [0.05, 0.1) is 33.2 Å². The van der Waals surface area contributed by atoms with Gasteiger partial charge >= 0.3 is 11.8 Å². The molecule has 0 saturated heterocycles. The van der Waals surface area contributed by atoms with Crippen molar-refractivity contribution < 1.29 is 23.8 Å². The fourth-order valence-electron chi connectivity index (χ4n) is 1.99. The number of carbonyl (C=O) groups is 2. The summed E-state index contributed by atoms with van der Waals surface area (Å²) in [6.07, 6.45) is 1.42. The first kappa shape index (κ1) is 18.8. The molecule has 136 valence electrons. The summed E-state index contributed by atoms with van der Waals surface area (Å²) in [7, 11) is 4.53. The maximum atomic E-state index is 12.0. The summed E-state index contributed by atoms with van der Waals surface area (Å²) >= 11 is 0. The first-order chi connectivity index (χ1) is 12.6. The van der Waals surface area contributed by atoms with Crippen LogP contribution in [0.1, 0.15) is 5.56 Å². The fraction of sp³-hybridized carbons (Fsp3) is 0.167. The molecule has 2 amide bonds. The monoisotopic (exact) mass is 357 g/mol. The normalized spacial score (nSPS) is 10.3. The molecule has 2 rings (SSSR count). The predicted octanol–water partition coefficient (Wildman–Crippen LogP) is 1.80. The Morgan fingerprint density at radius 1 is 0.885 bits per heavy atom. The van der Waals surface area contributed by atoms with Crippen LogP contribution in [0.25, 0.3) is 0 Å². The molecular weight excluding hydrogens is 338 g/mol. The lowest BCUT2D eigenvalue weighted by Crippen LogP contribution is -2.32. The smallest absolute Gasteiger partial charge is 0.329 e. The largest absolute Gasteiger partial charge is 0.497 e. The molecule has 2 aromatic carbocycles. The Labute approximate surface area is 150 Å². The molecule has 0 bridgehead atoms. The van der Waals surface area contributed by atoms with E-state index in [2.05, 4.69) is 15.8 Å². The van der Waals surface area contributed by atoms with Crippen LogP contribution in [-0.2, 0) is 9.59 Å². The molecule has 0 radical (unpaired) electrons. The van der Waals surface area contributed by atoms with Gasteiger partial charge in [0.25, 0.3) is 0 Å². The minimum absolute atomic E-state index is 0.340. The van der Waals surface area contributed by atoms with Crippen molar-refractivity contribution in [2.75, 3.05) is 26.6 Å². The Morgan fingerprint density at radius 3 is 2.15 bits per heavy atom. The highest BCUT2D eigenvalue weighted by Crippen LogP contribution is 2.28. The quantitative estimate of drug-likeness (QED) is 0.467. The molecule has 0 aromatic heterocycles. The van der Waals surface area contributed by atoms with Gasteiger partial charge in [0.15, 0.2) is 0 Å². The van der Waals surface area contributed by atoms with Crippen LogP contribution in [0.5, 0.6) is 17.2 Å². The summed E-state index contributed by atoms with van der Waals surface area (Å²) in [6.45, 7) is 0. The zero-order valence-electron chi connectivity index (χ0n) is 14.6. The number of amides is 2. The van der Waals surface area contributed by atoms with Crippen molar-refractivity contribution >= 4 is 23.7 Å². The van der Waals surface area contributed by atoms with Gasteiger partial charge in [-0.05, 0) is 42.0 Å². The lowest BCUT2D eigenvalue weighted by Gasteiger charge is -2.10. The van der Waals surface area contributed by atoms with Crippen molar-refractivity contribution in [3.63, 3.8) is 0 Å². The Hall–Kier alpha value is -3.55. The number of anilines is 1. The average molecular weight is 357 g/mol. The highest BCUT2D eigenvalue weighted by Gasteiger charge is 2.15. The SMILES string of the molecule is COc1ccc(C=NNC(=O)C(=O)Nc2ccc(OC)cc2OC)cc1. The van der Waals surface area contributed by atoms with E-state index in [-0.39, 0.29) is 0 Å². The van der Waals surface area contributed by atoms with Gasteiger partial charge < -0.3 is 19.5 Å². The van der Waals surface area contributed by atoms with Gasteiger partial charge in [-0.1, -0.05) is 0 Å². The molecule has 26 heavy (non-hydrogen) atoms. The molecule has 0 saturated carbocycles. The molecule has 0 aliphatic rings. The lowest BCUT2D eigenvalue weighted by molar-refractivity contribution is -0.136. The summed E-state index contributed by atoms with van der Waals surface area (Å²) in [5, 5.41) is 6.21. The number of hydrogen-bond donors (Lipinski definition) is 2. The number of hydrogen-bond acceptors (Lipinski definition) is 6. The minimum atomic E-state index is -0.910. The zero-order valence-corrected chi connectivity index (χ0v) is 14.6. The van der Waals surface area contributed by atoms with E-state index in [1.54, 1.807) is 49.6 Å². The second-order valence-corrected chi connectivity index (χ2v) is 4.99. The average Bonchev–Trinajstić information content (AvgIpc) is 2.68. The molecule has 0 heterocycles. The lowest BCUT2D eigenvalue weighted by atomic mass is 10.2. The predicted molar refractivity (Wildman–Crippen MR) is 96.9 cm³/mol. The minimum Gasteiger partial charge on any atom is -0.497 e. The molecule has 0 aliphatic carbocycles. The van der Waals surface area contributed by atoms with Gasteiger partial charge in [-0.15, -0.1) is 0 Å². The Morgan fingerprint density at radius 2 is 1.54 bits per heavy atom. The van der Waals surface area contributed by atoms with Crippen LogP contribution in [0.4, 0.5) is 5.69 Å². The summed E-state index contributed by atoms with van der Waals surface area (Å²) in [5.41, 5.74) is 3.24. The third kappa shape index (κ3) is 4.97.